The molecule has 17 heavy (non-hydrogen) atoms. The van der Waals surface area contributed by atoms with Gasteiger partial charge in [-0.25, -0.2) is 0 Å². The molecule has 1 aliphatic carbocycles. The SMILES string of the molecule is CC1(CNC(=O)[C@@H]2CCCNC2)CCCC1.Cl. The summed E-state index contributed by atoms with van der Waals surface area (Å²) >= 11 is 0. The monoisotopic (exact) mass is 260 g/mol. The number of carbonyl (C=O) groups is 1. The molecule has 1 saturated carbocycles. The number of hydrogen-bond acceptors (Lipinski definition) is 2. The second kappa shape index (κ2) is 6.60. The average Bonchev–Trinajstić information content (AvgIpc) is 2.75. The van der Waals surface area contributed by atoms with E-state index in [0.29, 0.717) is 5.41 Å². The summed E-state index contributed by atoms with van der Waals surface area (Å²) in [5, 5.41) is 6.45. The molecule has 0 aromatic carbocycles. The van der Waals surface area contributed by atoms with Gasteiger partial charge in [0.1, 0.15) is 0 Å². The maximum absolute atomic E-state index is 11.9. The first kappa shape index (κ1) is 14.8. The average molecular weight is 261 g/mol. The van der Waals surface area contributed by atoms with Crippen molar-refractivity contribution in [1.82, 2.24) is 10.6 Å². The van der Waals surface area contributed by atoms with Crippen LogP contribution in [-0.2, 0) is 4.79 Å². The van der Waals surface area contributed by atoms with E-state index in [4.69, 9.17) is 0 Å². The molecule has 1 aliphatic heterocycles. The number of carbonyl (C=O) groups excluding carboxylic acids is 1. The standard InChI is InChI=1S/C13H24N2O.ClH/c1-13(6-2-3-7-13)10-15-12(16)11-5-4-8-14-9-11;/h11,14H,2-10H2,1H3,(H,15,16);1H/t11-;/m1./s1. The molecule has 0 aromatic heterocycles. The second-order valence-corrected chi connectivity index (χ2v) is 5.78. The summed E-state index contributed by atoms with van der Waals surface area (Å²) in [5.74, 6) is 0.471. The van der Waals surface area contributed by atoms with E-state index in [1.807, 2.05) is 0 Å². The van der Waals surface area contributed by atoms with Crippen LogP contribution in [0, 0.1) is 11.3 Å². The van der Waals surface area contributed by atoms with Crippen LogP contribution in [0.15, 0.2) is 0 Å². The summed E-state index contributed by atoms with van der Waals surface area (Å²) < 4.78 is 0. The zero-order valence-electron chi connectivity index (χ0n) is 10.8. The minimum atomic E-state index is 0. The summed E-state index contributed by atoms with van der Waals surface area (Å²) in [6, 6.07) is 0. The van der Waals surface area contributed by atoms with E-state index in [1.54, 1.807) is 0 Å². The van der Waals surface area contributed by atoms with Crippen LogP contribution in [0.1, 0.15) is 45.4 Å². The van der Waals surface area contributed by atoms with Crippen LogP contribution in [0.5, 0.6) is 0 Å². The lowest BCUT2D eigenvalue weighted by molar-refractivity contribution is -0.125. The molecule has 0 unspecified atom stereocenters. The lowest BCUT2D eigenvalue weighted by Gasteiger charge is -2.27. The van der Waals surface area contributed by atoms with Gasteiger partial charge in [0.15, 0.2) is 0 Å². The van der Waals surface area contributed by atoms with E-state index in [9.17, 15) is 4.79 Å². The van der Waals surface area contributed by atoms with E-state index < -0.39 is 0 Å². The van der Waals surface area contributed by atoms with Crippen molar-refractivity contribution < 1.29 is 4.79 Å². The van der Waals surface area contributed by atoms with Gasteiger partial charge in [-0.2, -0.15) is 0 Å². The molecule has 1 heterocycles. The Morgan fingerprint density at radius 2 is 2.06 bits per heavy atom. The van der Waals surface area contributed by atoms with Gasteiger partial charge < -0.3 is 10.6 Å². The highest BCUT2D eigenvalue weighted by atomic mass is 35.5. The van der Waals surface area contributed by atoms with E-state index >= 15 is 0 Å². The summed E-state index contributed by atoms with van der Waals surface area (Å²) in [6.07, 6.45) is 7.39. The zero-order chi connectivity index (χ0) is 11.4. The van der Waals surface area contributed by atoms with Gasteiger partial charge in [-0.3, -0.25) is 4.79 Å². The molecule has 100 valence electrons. The molecule has 1 atom stereocenters. The lowest BCUT2D eigenvalue weighted by Crippen LogP contribution is -2.43. The fraction of sp³-hybridized carbons (Fsp3) is 0.923. The van der Waals surface area contributed by atoms with Crippen molar-refractivity contribution in [1.29, 1.82) is 0 Å². The highest BCUT2D eigenvalue weighted by molar-refractivity contribution is 5.85. The zero-order valence-corrected chi connectivity index (χ0v) is 11.6. The number of piperidine rings is 1. The largest absolute Gasteiger partial charge is 0.355 e. The van der Waals surface area contributed by atoms with Crippen molar-refractivity contribution in [2.45, 2.75) is 45.4 Å². The predicted molar refractivity (Wildman–Crippen MR) is 72.4 cm³/mol. The number of amides is 1. The molecule has 2 fully saturated rings. The van der Waals surface area contributed by atoms with Crippen LogP contribution in [0.25, 0.3) is 0 Å². The Hall–Kier alpha value is -0.280. The van der Waals surface area contributed by atoms with Gasteiger partial charge in [0.25, 0.3) is 0 Å². The number of nitrogens with one attached hydrogen (secondary N) is 2. The first-order chi connectivity index (χ1) is 7.70. The van der Waals surface area contributed by atoms with Crippen LogP contribution < -0.4 is 10.6 Å². The minimum absolute atomic E-state index is 0. The van der Waals surface area contributed by atoms with Crippen molar-refractivity contribution in [2.75, 3.05) is 19.6 Å². The maximum Gasteiger partial charge on any atom is 0.224 e. The van der Waals surface area contributed by atoms with Gasteiger partial charge in [0.2, 0.25) is 5.91 Å². The number of halogens is 1. The Kier molecular flexibility index (Phi) is 5.74. The van der Waals surface area contributed by atoms with E-state index in [0.717, 1.165) is 32.5 Å². The minimum Gasteiger partial charge on any atom is -0.355 e. The van der Waals surface area contributed by atoms with Crippen molar-refractivity contribution in [3.8, 4) is 0 Å². The molecule has 4 heteroatoms. The highest BCUT2D eigenvalue weighted by Crippen LogP contribution is 2.36. The van der Waals surface area contributed by atoms with E-state index in [1.165, 1.54) is 25.7 Å². The molecule has 0 bridgehead atoms. The smallest absolute Gasteiger partial charge is 0.224 e. The van der Waals surface area contributed by atoms with Crippen LogP contribution >= 0.6 is 12.4 Å². The summed E-state index contributed by atoms with van der Waals surface area (Å²) in [6.45, 7) is 5.12. The first-order valence-corrected chi connectivity index (χ1v) is 6.68. The molecule has 0 spiro atoms. The Labute approximate surface area is 111 Å². The second-order valence-electron chi connectivity index (χ2n) is 5.78. The van der Waals surface area contributed by atoms with Gasteiger partial charge in [-0.05, 0) is 37.6 Å². The first-order valence-electron chi connectivity index (χ1n) is 6.68. The third-order valence-electron chi connectivity index (χ3n) is 4.17. The molecule has 2 rings (SSSR count). The fourth-order valence-electron chi connectivity index (χ4n) is 2.93. The van der Waals surface area contributed by atoms with Gasteiger partial charge in [0, 0.05) is 13.1 Å². The van der Waals surface area contributed by atoms with E-state index in [-0.39, 0.29) is 24.2 Å². The molecule has 0 radical (unpaired) electrons. The molecule has 1 amide bonds. The molecule has 2 N–H and O–H groups in total. The predicted octanol–water partition coefficient (Wildman–Crippen LogP) is 2.10. The van der Waals surface area contributed by atoms with Gasteiger partial charge in [-0.15, -0.1) is 12.4 Å². The Morgan fingerprint density at radius 1 is 1.35 bits per heavy atom. The summed E-state index contributed by atoms with van der Waals surface area (Å²) in [4.78, 5) is 11.9. The third kappa shape index (κ3) is 4.14. The maximum atomic E-state index is 11.9. The molecule has 3 nitrogen and oxygen atoms in total. The van der Waals surface area contributed by atoms with Crippen LogP contribution in [0.3, 0.4) is 0 Å². The Balaban J connectivity index is 0.00000144. The number of hydrogen-bond donors (Lipinski definition) is 2. The van der Waals surface area contributed by atoms with E-state index in [2.05, 4.69) is 17.6 Å². The van der Waals surface area contributed by atoms with Crippen molar-refractivity contribution in [2.24, 2.45) is 11.3 Å². The molecule has 1 saturated heterocycles. The molecule has 0 aromatic rings. The van der Waals surface area contributed by atoms with Gasteiger partial charge in [-0.1, -0.05) is 19.8 Å². The van der Waals surface area contributed by atoms with Gasteiger partial charge >= 0.3 is 0 Å². The fourth-order valence-corrected chi connectivity index (χ4v) is 2.93. The Bertz CT molecular complexity index is 246. The molecular weight excluding hydrogens is 236 g/mol. The van der Waals surface area contributed by atoms with Crippen LogP contribution in [0.4, 0.5) is 0 Å². The normalized spacial score (nSPS) is 27.2. The summed E-state index contributed by atoms with van der Waals surface area (Å²) in [5.41, 5.74) is 0.373. The highest BCUT2D eigenvalue weighted by Gasteiger charge is 2.30. The quantitative estimate of drug-likeness (QED) is 0.816. The number of rotatable bonds is 3. The summed E-state index contributed by atoms with van der Waals surface area (Å²) in [7, 11) is 0. The van der Waals surface area contributed by atoms with Crippen molar-refractivity contribution >= 4 is 18.3 Å². The Morgan fingerprint density at radius 3 is 2.65 bits per heavy atom. The van der Waals surface area contributed by atoms with Crippen LogP contribution in [0.2, 0.25) is 0 Å². The lowest BCUT2D eigenvalue weighted by atomic mass is 9.88. The third-order valence-corrected chi connectivity index (χ3v) is 4.17. The van der Waals surface area contributed by atoms with Crippen molar-refractivity contribution in [3.05, 3.63) is 0 Å². The topological polar surface area (TPSA) is 41.1 Å². The van der Waals surface area contributed by atoms with Gasteiger partial charge in [0.05, 0.1) is 5.92 Å². The molecular formula is C13H25ClN2O. The van der Waals surface area contributed by atoms with Crippen molar-refractivity contribution in [3.63, 3.8) is 0 Å². The molecule has 2 aliphatic rings. The van der Waals surface area contributed by atoms with Crippen LogP contribution in [-0.4, -0.2) is 25.5 Å².